The van der Waals surface area contributed by atoms with Gasteiger partial charge in [-0.2, -0.15) is 0 Å². The summed E-state index contributed by atoms with van der Waals surface area (Å²) in [7, 11) is 0. The lowest BCUT2D eigenvalue weighted by molar-refractivity contribution is -0.165. The monoisotopic (exact) mass is 282 g/mol. The van der Waals surface area contributed by atoms with E-state index in [1.165, 1.54) is 24.8 Å². The molecule has 2 aliphatic rings. The lowest BCUT2D eigenvalue weighted by Gasteiger charge is -2.43. The van der Waals surface area contributed by atoms with Crippen molar-refractivity contribution in [2.24, 2.45) is 11.3 Å². The Kier molecular flexibility index (Phi) is 6.06. The molecule has 0 bridgehead atoms. The van der Waals surface area contributed by atoms with Crippen molar-refractivity contribution in [2.75, 3.05) is 19.8 Å². The van der Waals surface area contributed by atoms with Gasteiger partial charge in [0, 0.05) is 13.2 Å². The molecule has 0 amide bonds. The molecule has 1 N–H and O–H groups in total. The summed E-state index contributed by atoms with van der Waals surface area (Å²) in [6.07, 6.45) is 8.81. The first-order chi connectivity index (χ1) is 9.65. The van der Waals surface area contributed by atoms with Crippen LogP contribution in [0.2, 0.25) is 0 Å². The van der Waals surface area contributed by atoms with E-state index < -0.39 is 0 Å². The van der Waals surface area contributed by atoms with Gasteiger partial charge in [0.2, 0.25) is 0 Å². The molecule has 0 spiro atoms. The van der Waals surface area contributed by atoms with Gasteiger partial charge in [-0.3, -0.25) is 0 Å². The first-order valence-corrected chi connectivity index (χ1v) is 8.17. The maximum atomic E-state index is 9.34. The fourth-order valence-corrected chi connectivity index (χ4v) is 3.83. The summed E-state index contributed by atoms with van der Waals surface area (Å²) in [6.45, 7) is 8.42. The van der Waals surface area contributed by atoms with Gasteiger partial charge in [0.25, 0.3) is 0 Å². The van der Waals surface area contributed by atoms with Gasteiger partial charge < -0.3 is 14.6 Å². The summed E-state index contributed by atoms with van der Waals surface area (Å²) in [4.78, 5) is 0. The molecule has 3 heteroatoms. The Morgan fingerprint density at radius 2 is 2.25 bits per heavy atom. The van der Waals surface area contributed by atoms with Gasteiger partial charge in [0.1, 0.15) is 0 Å². The van der Waals surface area contributed by atoms with Crippen LogP contribution >= 0.6 is 0 Å². The predicted molar refractivity (Wildman–Crippen MR) is 80.5 cm³/mol. The van der Waals surface area contributed by atoms with Gasteiger partial charge in [-0.15, -0.1) is 0 Å². The van der Waals surface area contributed by atoms with Gasteiger partial charge in [0.15, 0.2) is 6.29 Å². The van der Waals surface area contributed by atoms with Crippen molar-refractivity contribution in [3.05, 3.63) is 12.2 Å². The number of allylic oxidation sites excluding steroid dienone is 1. The van der Waals surface area contributed by atoms with Gasteiger partial charge in [0.05, 0.1) is 6.61 Å². The zero-order chi connectivity index (χ0) is 14.4. The summed E-state index contributed by atoms with van der Waals surface area (Å²) in [5.74, 6) is 0.479. The van der Waals surface area contributed by atoms with Crippen LogP contribution in [-0.4, -0.2) is 31.2 Å². The van der Waals surface area contributed by atoms with Crippen molar-refractivity contribution in [3.8, 4) is 0 Å². The van der Waals surface area contributed by atoms with Gasteiger partial charge in [-0.1, -0.05) is 19.1 Å². The maximum Gasteiger partial charge on any atom is 0.157 e. The Morgan fingerprint density at radius 3 is 2.95 bits per heavy atom. The smallest absolute Gasteiger partial charge is 0.157 e. The number of hydrogen-bond donors (Lipinski definition) is 1. The van der Waals surface area contributed by atoms with E-state index in [0.29, 0.717) is 5.92 Å². The Balaban J connectivity index is 1.82. The molecule has 0 aromatic heterocycles. The molecule has 1 unspecified atom stereocenters. The van der Waals surface area contributed by atoms with Crippen LogP contribution in [0.1, 0.15) is 58.3 Å². The number of aliphatic hydroxyl groups is 1. The Morgan fingerprint density at radius 1 is 1.40 bits per heavy atom. The lowest BCUT2D eigenvalue weighted by Crippen LogP contribution is -2.34. The largest absolute Gasteiger partial charge is 0.396 e. The highest BCUT2D eigenvalue weighted by Gasteiger charge is 2.37. The van der Waals surface area contributed by atoms with Crippen LogP contribution in [0.4, 0.5) is 0 Å². The first kappa shape index (κ1) is 16.0. The first-order valence-electron chi connectivity index (χ1n) is 8.17. The highest BCUT2D eigenvalue weighted by Crippen LogP contribution is 2.47. The summed E-state index contributed by atoms with van der Waals surface area (Å²) in [6, 6.07) is 0. The summed E-state index contributed by atoms with van der Waals surface area (Å²) in [5.41, 5.74) is 1.54. The average Bonchev–Trinajstić information content (AvgIpc) is 2.43. The van der Waals surface area contributed by atoms with E-state index in [4.69, 9.17) is 9.47 Å². The third-order valence-electron chi connectivity index (χ3n) is 5.11. The van der Waals surface area contributed by atoms with Crippen LogP contribution in [0, 0.1) is 11.3 Å². The van der Waals surface area contributed by atoms with E-state index in [2.05, 4.69) is 13.5 Å². The predicted octanol–water partition coefficient (Wildman–Crippen LogP) is 3.66. The molecule has 2 rings (SSSR count). The van der Waals surface area contributed by atoms with Crippen LogP contribution in [0.5, 0.6) is 0 Å². The Bertz CT molecular complexity index is 305. The highest BCUT2D eigenvalue weighted by atomic mass is 16.7. The third-order valence-corrected chi connectivity index (χ3v) is 5.11. The van der Waals surface area contributed by atoms with Gasteiger partial charge in [-0.25, -0.2) is 0 Å². The molecule has 20 heavy (non-hydrogen) atoms. The minimum absolute atomic E-state index is 0.00436. The van der Waals surface area contributed by atoms with Crippen molar-refractivity contribution < 1.29 is 14.6 Å². The molecule has 0 aromatic rings. The molecule has 3 nitrogen and oxygen atoms in total. The van der Waals surface area contributed by atoms with Crippen LogP contribution < -0.4 is 0 Å². The molecule has 116 valence electrons. The van der Waals surface area contributed by atoms with Crippen LogP contribution in [-0.2, 0) is 9.47 Å². The van der Waals surface area contributed by atoms with E-state index in [9.17, 15) is 5.11 Å². The number of aliphatic hydroxyl groups excluding tert-OH is 1. The standard InChI is InChI=1S/C17H30O3/c1-14-6-5-9-17(2,10-11-18)15(14)8-13-20-16-7-3-4-12-19-16/h15-16,18H,1,3-13H2,2H3/t15-,16?,17-/m1/s1. The molecule has 1 saturated heterocycles. The molecule has 1 aliphatic carbocycles. The molecule has 1 saturated carbocycles. The number of hydrogen-bond acceptors (Lipinski definition) is 3. The topological polar surface area (TPSA) is 38.7 Å². The average molecular weight is 282 g/mol. The van der Waals surface area contributed by atoms with Crippen LogP contribution in [0.3, 0.4) is 0 Å². The Hall–Kier alpha value is -0.380. The molecule has 0 aromatic carbocycles. The van der Waals surface area contributed by atoms with Crippen molar-refractivity contribution in [1.82, 2.24) is 0 Å². The maximum absolute atomic E-state index is 9.34. The van der Waals surface area contributed by atoms with E-state index in [1.54, 1.807) is 0 Å². The van der Waals surface area contributed by atoms with E-state index in [-0.39, 0.29) is 18.3 Å². The van der Waals surface area contributed by atoms with Crippen LogP contribution in [0.15, 0.2) is 12.2 Å². The van der Waals surface area contributed by atoms with Crippen molar-refractivity contribution in [3.63, 3.8) is 0 Å². The van der Waals surface area contributed by atoms with E-state index in [0.717, 1.165) is 45.3 Å². The van der Waals surface area contributed by atoms with Crippen molar-refractivity contribution in [2.45, 2.75) is 64.6 Å². The summed E-state index contributed by atoms with van der Waals surface area (Å²) >= 11 is 0. The zero-order valence-corrected chi connectivity index (χ0v) is 12.9. The van der Waals surface area contributed by atoms with E-state index in [1.807, 2.05) is 0 Å². The molecule has 1 heterocycles. The second-order valence-electron chi connectivity index (χ2n) is 6.65. The fraction of sp³-hybridized carbons (Fsp3) is 0.882. The van der Waals surface area contributed by atoms with E-state index >= 15 is 0 Å². The molecule has 2 fully saturated rings. The van der Waals surface area contributed by atoms with Crippen molar-refractivity contribution in [1.29, 1.82) is 0 Å². The molecule has 0 radical (unpaired) electrons. The van der Waals surface area contributed by atoms with Gasteiger partial charge in [-0.05, 0) is 62.7 Å². The van der Waals surface area contributed by atoms with Crippen LogP contribution in [0.25, 0.3) is 0 Å². The minimum atomic E-state index is 0.00436. The normalized spacial score (nSPS) is 35.2. The Labute approximate surface area is 123 Å². The second-order valence-corrected chi connectivity index (χ2v) is 6.65. The summed E-state index contributed by atoms with van der Waals surface area (Å²) < 4.78 is 11.5. The molecular weight excluding hydrogens is 252 g/mol. The molecule has 1 aliphatic heterocycles. The summed E-state index contributed by atoms with van der Waals surface area (Å²) in [5, 5.41) is 9.34. The zero-order valence-electron chi connectivity index (χ0n) is 12.9. The SMILES string of the molecule is C=C1CCC[C@](C)(CCO)[C@@H]1CCOC1CCCCO1. The molecule has 3 atom stereocenters. The third kappa shape index (κ3) is 4.06. The number of ether oxygens (including phenoxy) is 2. The highest BCUT2D eigenvalue weighted by molar-refractivity contribution is 5.10. The number of rotatable bonds is 6. The lowest BCUT2D eigenvalue weighted by atomic mass is 9.63. The minimum Gasteiger partial charge on any atom is -0.396 e. The van der Waals surface area contributed by atoms with Gasteiger partial charge >= 0.3 is 0 Å². The molecular formula is C17H30O3. The fourth-order valence-electron chi connectivity index (χ4n) is 3.83. The van der Waals surface area contributed by atoms with Crippen molar-refractivity contribution >= 4 is 0 Å². The second kappa shape index (κ2) is 7.58. The quantitative estimate of drug-likeness (QED) is 0.756.